The van der Waals surface area contributed by atoms with Gasteiger partial charge in [0, 0.05) is 16.4 Å². The molecule has 0 aliphatic carbocycles. The van der Waals surface area contributed by atoms with Crippen LogP contribution in [0.1, 0.15) is 11.1 Å². The van der Waals surface area contributed by atoms with Gasteiger partial charge in [0.05, 0.1) is 0 Å². The van der Waals surface area contributed by atoms with Crippen molar-refractivity contribution >= 4 is 37.4 Å². The van der Waals surface area contributed by atoms with E-state index in [0.29, 0.717) is 5.69 Å². The molecule has 1 amide bonds. The van der Waals surface area contributed by atoms with Crippen molar-refractivity contribution in [3.63, 3.8) is 0 Å². The van der Waals surface area contributed by atoms with Crippen LogP contribution in [-0.2, 0) is 14.6 Å². The predicted octanol–water partition coefficient (Wildman–Crippen LogP) is 2.05. The van der Waals surface area contributed by atoms with Crippen molar-refractivity contribution in [2.24, 2.45) is 0 Å². The monoisotopic (exact) mass is 319 g/mol. The van der Waals surface area contributed by atoms with Gasteiger partial charge in [0.15, 0.2) is 9.84 Å². The van der Waals surface area contributed by atoms with Gasteiger partial charge in [0.2, 0.25) is 5.91 Å². The first kappa shape index (κ1) is 14.2. The second-order valence-electron chi connectivity index (χ2n) is 4.04. The van der Waals surface area contributed by atoms with E-state index in [2.05, 4.69) is 21.2 Å². The van der Waals surface area contributed by atoms with Crippen LogP contribution in [0.2, 0.25) is 0 Å². The van der Waals surface area contributed by atoms with Crippen molar-refractivity contribution < 1.29 is 13.2 Å². The molecule has 4 nitrogen and oxygen atoms in total. The predicted molar refractivity (Wildman–Crippen MR) is 72.0 cm³/mol. The van der Waals surface area contributed by atoms with E-state index in [0.717, 1.165) is 21.9 Å². The van der Waals surface area contributed by atoms with Gasteiger partial charge in [-0.15, -0.1) is 0 Å². The summed E-state index contributed by atoms with van der Waals surface area (Å²) in [6.45, 7) is 3.81. The molecule has 0 aromatic heterocycles. The third-order valence-corrected chi connectivity index (χ3v) is 4.15. The molecule has 0 heterocycles. The molecule has 0 bridgehead atoms. The number of anilines is 1. The number of hydrogen-bond donors (Lipinski definition) is 1. The fourth-order valence-electron chi connectivity index (χ4n) is 1.45. The third kappa shape index (κ3) is 4.47. The number of carbonyl (C=O) groups is 1. The summed E-state index contributed by atoms with van der Waals surface area (Å²) in [5.74, 6) is -1.02. The van der Waals surface area contributed by atoms with E-state index in [9.17, 15) is 13.2 Å². The molecule has 0 saturated carbocycles. The summed E-state index contributed by atoms with van der Waals surface area (Å²) in [5.41, 5.74) is 2.58. The van der Waals surface area contributed by atoms with Crippen LogP contribution < -0.4 is 5.32 Å². The van der Waals surface area contributed by atoms with E-state index in [1.54, 1.807) is 12.1 Å². The minimum Gasteiger partial charge on any atom is -0.325 e. The summed E-state index contributed by atoms with van der Waals surface area (Å²) < 4.78 is 22.9. The molecule has 1 rings (SSSR count). The van der Waals surface area contributed by atoms with Crippen molar-refractivity contribution in [2.75, 3.05) is 17.3 Å². The average molecular weight is 320 g/mol. The van der Waals surface area contributed by atoms with Gasteiger partial charge in [-0.1, -0.05) is 15.9 Å². The van der Waals surface area contributed by atoms with E-state index in [-0.39, 0.29) is 0 Å². The molecular weight excluding hydrogens is 306 g/mol. The first-order chi connectivity index (χ1) is 7.69. The van der Waals surface area contributed by atoms with Crippen LogP contribution in [0.15, 0.2) is 16.6 Å². The molecule has 1 aromatic rings. The largest absolute Gasteiger partial charge is 0.325 e. The van der Waals surface area contributed by atoms with Crippen LogP contribution in [-0.4, -0.2) is 26.3 Å². The Kier molecular flexibility index (Phi) is 4.32. The number of carbonyl (C=O) groups excluding carboxylic acids is 1. The highest BCUT2D eigenvalue weighted by Gasteiger charge is 2.11. The SMILES string of the molecule is Cc1cc(NC(=O)CS(C)(=O)=O)cc(C)c1Br. The maximum Gasteiger partial charge on any atom is 0.239 e. The Labute approximate surface area is 109 Å². The minimum absolute atomic E-state index is 0.499. The van der Waals surface area contributed by atoms with E-state index in [4.69, 9.17) is 0 Å². The van der Waals surface area contributed by atoms with Crippen LogP contribution in [0.3, 0.4) is 0 Å². The first-order valence-corrected chi connectivity index (χ1v) is 7.79. The Morgan fingerprint density at radius 3 is 2.18 bits per heavy atom. The lowest BCUT2D eigenvalue weighted by Gasteiger charge is -2.09. The molecule has 0 radical (unpaired) electrons. The standard InChI is InChI=1S/C11H14BrNO3S/c1-7-4-9(5-8(2)11(7)12)13-10(14)6-17(3,15)16/h4-5H,6H2,1-3H3,(H,13,14). The van der Waals surface area contributed by atoms with Crippen LogP contribution in [0, 0.1) is 13.8 Å². The summed E-state index contributed by atoms with van der Waals surface area (Å²) in [6.07, 6.45) is 1.03. The quantitative estimate of drug-likeness (QED) is 0.927. The second-order valence-corrected chi connectivity index (χ2v) is 6.98. The van der Waals surface area contributed by atoms with E-state index < -0.39 is 21.5 Å². The number of amides is 1. The number of nitrogens with one attached hydrogen (secondary N) is 1. The van der Waals surface area contributed by atoms with Gasteiger partial charge < -0.3 is 5.32 Å². The molecule has 0 spiro atoms. The smallest absolute Gasteiger partial charge is 0.239 e. The molecule has 0 unspecified atom stereocenters. The second kappa shape index (κ2) is 5.18. The van der Waals surface area contributed by atoms with Crippen molar-refractivity contribution in [1.29, 1.82) is 0 Å². The Hall–Kier alpha value is -0.880. The lowest BCUT2D eigenvalue weighted by Crippen LogP contribution is -2.22. The maximum absolute atomic E-state index is 11.4. The third-order valence-electron chi connectivity index (χ3n) is 2.11. The molecule has 94 valence electrons. The Morgan fingerprint density at radius 2 is 1.76 bits per heavy atom. The number of rotatable bonds is 3. The zero-order chi connectivity index (χ0) is 13.2. The Bertz CT molecular complexity index is 529. The van der Waals surface area contributed by atoms with Crippen molar-refractivity contribution in [1.82, 2.24) is 0 Å². The molecule has 0 saturated heterocycles. The zero-order valence-electron chi connectivity index (χ0n) is 9.87. The van der Waals surface area contributed by atoms with Crippen LogP contribution in [0.4, 0.5) is 5.69 Å². The highest BCUT2D eigenvalue weighted by molar-refractivity contribution is 9.10. The van der Waals surface area contributed by atoms with Crippen LogP contribution in [0.25, 0.3) is 0 Å². The topological polar surface area (TPSA) is 63.2 Å². The number of hydrogen-bond acceptors (Lipinski definition) is 3. The maximum atomic E-state index is 11.4. The van der Waals surface area contributed by atoms with E-state index in [1.165, 1.54) is 0 Å². The van der Waals surface area contributed by atoms with E-state index >= 15 is 0 Å². The van der Waals surface area contributed by atoms with Crippen LogP contribution in [0.5, 0.6) is 0 Å². The molecule has 0 fully saturated rings. The lowest BCUT2D eigenvalue weighted by molar-refractivity contribution is -0.113. The zero-order valence-corrected chi connectivity index (χ0v) is 12.3. The van der Waals surface area contributed by atoms with Gasteiger partial charge in [-0.05, 0) is 37.1 Å². The first-order valence-electron chi connectivity index (χ1n) is 4.93. The van der Waals surface area contributed by atoms with Gasteiger partial charge in [-0.25, -0.2) is 8.42 Å². The Morgan fingerprint density at radius 1 is 1.29 bits per heavy atom. The summed E-state index contributed by atoms with van der Waals surface area (Å²) in [7, 11) is -3.29. The highest BCUT2D eigenvalue weighted by Crippen LogP contribution is 2.24. The highest BCUT2D eigenvalue weighted by atomic mass is 79.9. The molecule has 0 aliphatic rings. The van der Waals surface area contributed by atoms with Gasteiger partial charge in [-0.2, -0.15) is 0 Å². The molecular formula is C11H14BrNO3S. The Balaban J connectivity index is 2.86. The van der Waals surface area contributed by atoms with Gasteiger partial charge in [0.1, 0.15) is 5.75 Å². The normalized spacial score (nSPS) is 11.3. The minimum atomic E-state index is -3.29. The molecule has 0 atom stereocenters. The van der Waals surface area contributed by atoms with Gasteiger partial charge >= 0.3 is 0 Å². The van der Waals surface area contributed by atoms with E-state index in [1.807, 2.05) is 13.8 Å². The fourth-order valence-corrected chi connectivity index (χ4v) is 2.23. The summed E-state index contributed by atoms with van der Waals surface area (Å²) in [4.78, 5) is 11.4. The average Bonchev–Trinajstić information content (AvgIpc) is 2.10. The van der Waals surface area contributed by atoms with Crippen molar-refractivity contribution in [2.45, 2.75) is 13.8 Å². The molecule has 0 aliphatic heterocycles. The number of halogens is 1. The summed E-state index contributed by atoms with van der Waals surface area (Å²) in [5, 5.41) is 2.57. The molecule has 17 heavy (non-hydrogen) atoms. The number of aryl methyl sites for hydroxylation is 2. The van der Waals surface area contributed by atoms with Gasteiger partial charge in [-0.3, -0.25) is 4.79 Å². The number of sulfone groups is 1. The van der Waals surface area contributed by atoms with Crippen LogP contribution >= 0.6 is 15.9 Å². The van der Waals surface area contributed by atoms with Gasteiger partial charge in [0.25, 0.3) is 0 Å². The van der Waals surface area contributed by atoms with Crippen molar-refractivity contribution in [3.8, 4) is 0 Å². The summed E-state index contributed by atoms with van der Waals surface area (Å²) >= 11 is 3.42. The fraction of sp³-hybridized carbons (Fsp3) is 0.364. The van der Waals surface area contributed by atoms with Crippen molar-refractivity contribution in [3.05, 3.63) is 27.7 Å². The molecule has 1 aromatic carbocycles. The molecule has 6 heteroatoms. The number of benzene rings is 1. The molecule has 1 N–H and O–H groups in total. The lowest BCUT2D eigenvalue weighted by atomic mass is 10.1. The summed E-state index contributed by atoms with van der Waals surface area (Å²) in [6, 6.07) is 3.58.